The number of ether oxygens (including phenoxy) is 1. The Bertz CT molecular complexity index is 1460. The van der Waals surface area contributed by atoms with Gasteiger partial charge in [0.05, 0.1) is 34.7 Å². The van der Waals surface area contributed by atoms with Gasteiger partial charge in [-0.15, -0.1) is 0 Å². The van der Waals surface area contributed by atoms with Gasteiger partial charge in [0.1, 0.15) is 5.75 Å². The first kappa shape index (κ1) is 29.9. The monoisotopic (exact) mass is 597 g/mol. The van der Waals surface area contributed by atoms with Crippen LogP contribution >= 0.6 is 23.2 Å². The first-order valence-electron chi connectivity index (χ1n) is 12.9. The van der Waals surface area contributed by atoms with E-state index in [2.05, 4.69) is 16.0 Å². The Labute approximate surface area is 247 Å². The van der Waals surface area contributed by atoms with Crippen LogP contribution in [0.5, 0.6) is 5.75 Å². The number of carboxylic acids is 1. The van der Waals surface area contributed by atoms with Gasteiger partial charge in [0, 0.05) is 25.1 Å². The summed E-state index contributed by atoms with van der Waals surface area (Å²) in [5.74, 6) is -2.91. The summed E-state index contributed by atoms with van der Waals surface area (Å²) in [6.07, 6.45) is 1.14. The molecule has 0 radical (unpaired) electrons. The van der Waals surface area contributed by atoms with E-state index in [0.29, 0.717) is 5.75 Å². The molecule has 1 aliphatic rings. The fourth-order valence-corrected chi connectivity index (χ4v) is 5.44. The second-order valence-corrected chi connectivity index (χ2v) is 10.5. The minimum atomic E-state index is -1.26. The van der Waals surface area contributed by atoms with Gasteiger partial charge in [0.25, 0.3) is 5.91 Å². The summed E-state index contributed by atoms with van der Waals surface area (Å²) in [4.78, 5) is 50.1. The average Bonchev–Trinajstić information content (AvgIpc) is 3.36. The number of urea groups is 1. The summed E-state index contributed by atoms with van der Waals surface area (Å²) in [7, 11) is 1.55. The van der Waals surface area contributed by atoms with E-state index in [0.717, 1.165) is 24.0 Å². The minimum Gasteiger partial charge on any atom is -0.497 e. The zero-order valence-corrected chi connectivity index (χ0v) is 23.7. The van der Waals surface area contributed by atoms with Gasteiger partial charge in [-0.1, -0.05) is 59.6 Å². The maximum atomic E-state index is 13.0. The molecule has 0 aliphatic heterocycles. The quantitative estimate of drug-likeness (QED) is 0.225. The third-order valence-electron chi connectivity index (χ3n) is 6.90. The van der Waals surface area contributed by atoms with Crippen LogP contribution in [0.2, 0.25) is 10.0 Å². The van der Waals surface area contributed by atoms with E-state index in [-0.39, 0.29) is 40.3 Å². The normalized spacial score (nSPS) is 14.5. The summed E-state index contributed by atoms with van der Waals surface area (Å²) in [6, 6.07) is 16.9. The summed E-state index contributed by atoms with van der Waals surface area (Å²) >= 11 is 12.7. The van der Waals surface area contributed by atoms with Gasteiger partial charge in [-0.2, -0.15) is 0 Å². The molecule has 0 saturated heterocycles. The van der Waals surface area contributed by atoms with Crippen molar-refractivity contribution in [3.8, 4) is 5.75 Å². The number of amides is 3. The number of rotatable bonds is 11. The standard InChI is InChI=1S/C30H29Cl2N3O6/c1-41-21-7-4-5-17(11-21)15-33-28(37)19-12-23(31)27(24(32)13-19)26(36)14-20(29(38)39)16-34-30(40)35-25-10-9-18-6-2-3-8-22(18)25/h2-8,11-13,20,25H,9-10,14-16H2,1H3,(H,33,37)(H,38,39)(H2,34,35,40)/t20-,25+/m0/s1. The third kappa shape index (κ3) is 7.56. The molecule has 0 fully saturated rings. The van der Waals surface area contributed by atoms with Crippen molar-refractivity contribution in [2.24, 2.45) is 5.92 Å². The van der Waals surface area contributed by atoms with Crippen molar-refractivity contribution >= 4 is 46.9 Å². The van der Waals surface area contributed by atoms with E-state index in [9.17, 15) is 24.3 Å². The van der Waals surface area contributed by atoms with Gasteiger partial charge in [-0.3, -0.25) is 14.4 Å². The average molecular weight is 598 g/mol. The van der Waals surface area contributed by atoms with E-state index in [1.807, 2.05) is 30.3 Å². The highest BCUT2D eigenvalue weighted by Crippen LogP contribution is 2.31. The molecule has 0 unspecified atom stereocenters. The molecule has 41 heavy (non-hydrogen) atoms. The second kappa shape index (κ2) is 13.5. The Morgan fingerprint density at radius 1 is 1.00 bits per heavy atom. The number of hydrogen-bond acceptors (Lipinski definition) is 5. The molecule has 3 amide bonds. The van der Waals surface area contributed by atoms with Gasteiger partial charge in [0.15, 0.2) is 5.78 Å². The number of Topliss-reactive ketones (excluding diaryl/α,β-unsaturated/α-hetero) is 1. The first-order chi connectivity index (χ1) is 19.7. The molecular weight excluding hydrogens is 569 g/mol. The van der Waals surface area contributed by atoms with Crippen molar-refractivity contribution in [3.63, 3.8) is 0 Å². The summed E-state index contributed by atoms with van der Waals surface area (Å²) in [5, 5.41) is 17.7. The molecule has 2 atom stereocenters. The zero-order valence-electron chi connectivity index (χ0n) is 22.2. The van der Waals surface area contributed by atoms with Crippen molar-refractivity contribution < 1.29 is 29.0 Å². The van der Waals surface area contributed by atoms with Crippen molar-refractivity contribution in [3.05, 3.63) is 98.5 Å². The molecule has 0 bridgehead atoms. The number of halogens is 2. The Hall–Kier alpha value is -4.08. The number of carbonyl (C=O) groups is 4. The fraction of sp³-hybridized carbons (Fsp3) is 0.267. The second-order valence-electron chi connectivity index (χ2n) is 9.66. The molecule has 3 aromatic carbocycles. The Morgan fingerprint density at radius 3 is 2.44 bits per heavy atom. The SMILES string of the molecule is COc1cccc(CNC(=O)c2cc(Cl)c(C(=O)C[C@@H](CNC(=O)N[C@@H]3CCc4ccccc43)C(=O)O)c(Cl)c2)c1. The Balaban J connectivity index is 1.35. The lowest BCUT2D eigenvalue weighted by Crippen LogP contribution is -2.41. The van der Waals surface area contributed by atoms with Crippen LogP contribution in [-0.4, -0.2) is 42.5 Å². The van der Waals surface area contributed by atoms with Crippen LogP contribution in [0, 0.1) is 5.92 Å². The maximum absolute atomic E-state index is 13.0. The van der Waals surface area contributed by atoms with E-state index in [1.54, 1.807) is 25.3 Å². The molecule has 214 valence electrons. The summed E-state index contributed by atoms with van der Waals surface area (Å²) in [5.41, 5.74) is 3.07. The molecule has 4 rings (SSSR count). The predicted octanol–water partition coefficient (Wildman–Crippen LogP) is 5.19. The van der Waals surface area contributed by atoms with E-state index >= 15 is 0 Å². The van der Waals surface area contributed by atoms with Crippen LogP contribution in [0.25, 0.3) is 0 Å². The van der Waals surface area contributed by atoms with Crippen molar-refractivity contribution in [2.75, 3.05) is 13.7 Å². The summed E-state index contributed by atoms with van der Waals surface area (Å²) < 4.78 is 5.18. The molecule has 9 nitrogen and oxygen atoms in total. The molecule has 0 spiro atoms. The zero-order chi connectivity index (χ0) is 29.5. The van der Waals surface area contributed by atoms with Crippen LogP contribution in [-0.2, 0) is 17.8 Å². The fourth-order valence-electron chi connectivity index (χ4n) is 4.74. The first-order valence-corrected chi connectivity index (χ1v) is 13.7. The largest absolute Gasteiger partial charge is 0.497 e. The van der Waals surface area contributed by atoms with Crippen LogP contribution < -0.4 is 20.7 Å². The van der Waals surface area contributed by atoms with Crippen molar-refractivity contribution in [2.45, 2.75) is 31.8 Å². The topological polar surface area (TPSA) is 134 Å². The lowest BCUT2D eigenvalue weighted by molar-refractivity contribution is -0.141. The number of carbonyl (C=O) groups excluding carboxylic acids is 3. The number of carboxylic acid groups (broad SMARTS) is 1. The lowest BCUT2D eigenvalue weighted by Gasteiger charge is -2.17. The highest BCUT2D eigenvalue weighted by Gasteiger charge is 2.28. The molecule has 1 aliphatic carbocycles. The number of hydrogen-bond donors (Lipinski definition) is 4. The number of nitrogens with one attached hydrogen (secondary N) is 3. The minimum absolute atomic E-state index is 0.0798. The number of ketones is 1. The highest BCUT2D eigenvalue weighted by molar-refractivity contribution is 6.40. The van der Waals surface area contributed by atoms with Crippen molar-refractivity contribution in [1.29, 1.82) is 0 Å². The number of methoxy groups -OCH3 is 1. The molecule has 0 heterocycles. The molecule has 0 aromatic heterocycles. The predicted molar refractivity (Wildman–Crippen MR) is 155 cm³/mol. The van der Waals surface area contributed by atoms with Gasteiger partial charge in [0.2, 0.25) is 0 Å². The lowest BCUT2D eigenvalue weighted by atomic mass is 9.97. The number of aliphatic carboxylic acids is 1. The third-order valence-corrected chi connectivity index (χ3v) is 7.49. The molecule has 11 heteroatoms. The Morgan fingerprint density at radius 2 is 1.73 bits per heavy atom. The smallest absolute Gasteiger partial charge is 0.315 e. The maximum Gasteiger partial charge on any atom is 0.315 e. The van der Waals surface area contributed by atoms with Gasteiger partial charge in [-0.25, -0.2) is 4.79 Å². The summed E-state index contributed by atoms with van der Waals surface area (Å²) in [6.45, 7) is -0.0542. The van der Waals surface area contributed by atoms with E-state index < -0.39 is 36.0 Å². The van der Waals surface area contributed by atoms with Crippen LogP contribution in [0.3, 0.4) is 0 Å². The highest BCUT2D eigenvalue weighted by atomic mass is 35.5. The Kier molecular flexibility index (Phi) is 9.86. The van der Waals surface area contributed by atoms with Gasteiger partial charge >= 0.3 is 12.0 Å². The molecular formula is C30H29Cl2N3O6. The molecule has 4 N–H and O–H groups in total. The molecule has 3 aromatic rings. The van der Waals surface area contributed by atoms with E-state index in [4.69, 9.17) is 27.9 Å². The van der Waals surface area contributed by atoms with Crippen molar-refractivity contribution in [1.82, 2.24) is 16.0 Å². The molecule has 0 saturated carbocycles. The van der Waals surface area contributed by atoms with Gasteiger partial charge in [-0.05, 0) is 53.8 Å². The number of fused-ring (bicyclic) bond motifs is 1. The van der Waals surface area contributed by atoms with E-state index in [1.165, 1.54) is 17.7 Å². The van der Waals surface area contributed by atoms with Crippen LogP contribution in [0.4, 0.5) is 4.79 Å². The number of aryl methyl sites for hydroxylation is 1. The van der Waals surface area contributed by atoms with Crippen LogP contribution in [0.15, 0.2) is 60.7 Å². The van der Waals surface area contributed by atoms with Crippen LogP contribution in [0.1, 0.15) is 56.3 Å². The number of benzene rings is 3. The van der Waals surface area contributed by atoms with Gasteiger partial charge < -0.3 is 25.8 Å².